The maximum Gasteiger partial charge on any atom is 0.0967 e. The average Bonchev–Trinajstić information content (AvgIpc) is 2.95. The Hall–Kier alpha value is -0.670. The van der Waals surface area contributed by atoms with Gasteiger partial charge in [0.05, 0.1) is 38.7 Å². The molecule has 21 heavy (non-hydrogen) atoms. The molecule has 8 heteroatoms. The SMILES string of the molecule is NCCOCCOCCn1cc(CN2CCSCC2)nn1. The van der Waals surface area contributed by atoms with Crippen molar-refractivity contribution in [2.75, 3.05) is 57.6 Å². The first kappa shape index (κ1) is 16.7. The molecule has 2 heterocycles. The highest BCUT2D eigenvalue weighted by molar-refractivity contribution is 7.99. The Morgan fingerprint density at radius 1 is 1.14 bits per heavy atom. The van der Waals surface area contributed by atoms with Gasteiger partial charge in [-0.15, -0.1) is 5.10 Å². The van der Waals surface area contributed by atoms with Gasteiger partial charge in [-0.3, -0.25) is 4.90 Å². The van der Waals surface area contributed by atoms with Crippen molar-refractivity contribution < 1.29 is 9.47 Å². The van der Waals surface area contributed by atoms with E-state index in [1.165, 1.54) is 11.5 Å². The quantitative estimate of drug-likeness (QED) is 0.600. The molecule has 0 unspecified atom stereocenters. The third kappa shape index (κ3) is 6.75. The first-order valence-corrected chi connectivity index (χ1v) is 8.58. The third-order valence-electron chi connectivity index (χ3n) is 3.17. The molecule has 0 atom stereocenters. The first-order valence-electron chi connectivity index (χ1n) is 7.43. The van der Waals surface area contributed by atoms with Gasteiger partial charge in [0.2, 0.25) is 0 Å². The van der Waals surface area contributed by atoms with Crippen molar-refractivity contribution in [3.8, 4) is 0 Å². The standard InChI is InChI=1S/C13H25N5O2S/c14-1-5-19-7-8-20-6-2-18-12-13(15-16-18)11-17-3-9-21-10-4-17/h12H,1-11,14H2. The second-order valence-electron chi connectivity index (χ2n) is 4.87. The van der Waals surface area contributed by atoms with Crippen LogP contribution in [0.5, 0.6) is 0 Å². The van der Waals surface area contributed by atoms with Crippen molar-refractivity contribution in [1.82, 2.24) is 19.9 Å². The van der Waals surface area contributed by atoms with Crippen LogP contribution in [-0.4, -0.2) is 77.5 Å². The maximum absolute atomic E-state index is 5.48. The minimum absolute atomic E-state index is 0.553. The van der Waals surface area contributed by atoms with E-state index in [0.29, 0.717) is 33.0 Å². The molecule has 1 aliphatic heterocycles. The molecule has 120 valence electrons. The summed E-state index contributed by atoms with van der Waals surface area (Å²) in [7, 11) is 0. The second-order valence-corrected chi connectivity index (χ2v) is 6.10. The first-order chi connectivity index (χ1) is 10.4. The van der Waals surface area contributed by atoms with E-state index in [4.69, 9.17) is 15.2 Å². The van der Waals surface area contributed by atoms with Crippen LogP contribution < -0.4 is 5.73 Å². The maximum atomic E-state index is 5.48. The summed E-state index contributed by atoms with van der Waals surface area (Å²) in [6.07, 6.45) is 2.01. The topological polar surface area (TPSA) is 78.4 Å². The normalized spacial score (nSPS) is 16.4. The van der Waals surface area contributed by atoms with Gasteiger partial charge in [0.15, 0.2) is 0 Å². The molecule has 0 saturated carbocycles. The van der Waals surface area contributed by atoms with Crippen molar-refractivity contribution in [1.29, 1.82) is 0 Å². The number of hydrogen-bond donors (Lipinski definition) is 1. The van der Waals surface area contributed by atoms with Crippen LogP contribution in [0, 0.1) is 0 Å². The largest absolute Gasteiger partial charge is 0.378 e. The summed E-state index contributed by atoms with van der Waals surface area (Å²) in [5, 5.41) is 8.36. The summed E-state index contributed by atoms with van der Waals surface area (Å²) in [6.45, 7) is 6.85. The van der Waals surface area contributed by atoms with E-state index in [0.717, 1.165) is 31.9 Å². The molecule has 1 aromatic rings. The summed E-state index contributed by atoms with van der Waals surface area (Å²) >= 11 is 2.02. The van der Waals surface area contributed by atoms with Gasteiger partial charge in [0.25, 0.3) is 0 Å². The zero-order chi connectivity index (χ0) is 14.8. The van der Waals surface area contributed by atoms with Crippen molar-refractivity contribution in [3.05, 3.63) is 11.9 Å². The fourth-order valence-electron chi connectivity index (χ4n) is 2.07. The fraction of sp³-hybridized carbons (Fsp3) is 0.846. The molecular formula is C13H25N5O2S. The van der Waals surface area contributed by atoms with Gasteiger partial charge in [0.1, 0.15) is 0 Å². The van der Waals surface area contributed by atoms with E-state index in [2.05, 4.69) is 15.2 Å². The van der Waals surface area contributed by atoms with Crippen molar-refractivity contribution >= 4 is 11.8 Å². The van der Waals surface area contributed by atoms with Crippen LogP contribution in [0.1, 0.15) is 5.69 Å². The fourth-order valence-corrected chi connectivity index (χ4v) is 3.05. The predicted octanol–water partition coefficient (Wildman–Crippen LogP) is -0.181. The van der Waals surface area contributed by atoms with Crippen LogP contribution in [0.25, 0.3) is 0 Å². The van der Waals surface area contributed by atoms with Crippen LogP contribution >= 0.6 is 11.8 Å². The Bertz CT molecular complexity index is 384. The van der Waals surface area contributed by atoms with Crippen LogP contribution in [0.2, 0.25) is 0 Å². The average molecular weight is 315 g/mol. The van der Waals surface area contributed by atoms with Crippen LogP contribution in [0.15, 0.2) is 6.20 Å². The predicted molar refractivity (Wildman–Crippen MR) is 83.3 cm³/mol. The lowest BCUT2D eigenvalue weighted by Gasteiger charge is -2.24. The number of aromatic nitrogens is 3. The highest BCUT2D eigenvalue weighted by Crippen LogP contribution is 2.11. The number of hydrogen-bond acceptors (Lipinski definition) is 7. The van der Waals surface area contributed by atoms with Gasteiger partial charge in [-0.05, 0) is 0 Å². The van der Waals surface area contributed by atoms with Gasteiger partial charge in [-0.25, -0.2) is 4.68 Å². The molecule has 0 amide bonds. The summed E-state index contributed by atoms with van der Waals surface area (Å²) in [5.41, 5.74) is 6.36. The van der Waals surface area contributed by atoms with Gasteiger partial charge in [-0.1, -0.05) is 5.21 Å². The molecule has 1 aliphatic rings. The Kier molecular flexibility index (Phi) is 8.05. The molecule has 0 aromatic carbocycles. The van der Waals surface area contributed by atoms with Gasteiger partial charge >= 0.3 is 0 Å². The van der Waals surface area contributed by atoms with Crippen LogP contribution in [0.4, 0.5) is 0 Å². The molecule has 1 fully saturated rings. The van der Waals surface area contributed by atoms with Gasteiger partial charge in [-0.2, -0.15) is 11.8 Å². The number of ether oxygens (including phenoxy) is 2. The minimum atomic E-state index is 0.553. The number of nitrogens with zero attached hydrogens (tertiary/aromatic N) is 4. The number of rotatable bonds is 10. The summed E-state index contributed by atoms with van der Waals surface area (Å²) in [6, 6.07) is 0. The molecular weight excluding hydrogens is 290 g/mol. The molecule has 7 nitrogen and oxygen atoms in total. The highest BCUT2D eigenvalue weighted by Gasteiger charge is 2.12. The van der Waals surface area contributed by atoms with Crippen molar-refractivity contribution in [2.24, 2.45) is 5.73 Å². The molecule has 0 spiro atoms. The molecule has 0 bridgehead atoms. The van der Waals surface area contributed by atoms with Crippen molar-refractivity contribution in [3.63, 3.8) is 0 Å². The molecule has 2 N–H and O–H groups in total. The molecule has 2 rings (SSSR count). The Morgan fingerprint density at radius 3 is 2.67 bits per heavy atom. The second kappa shape index (κ2) is 10.1. The zero-order valence-electron chi connectivity index (χ0n) is 12.4. The Morgan fingerprint density at radius 2 is 1.90 bits per heavy atom. The zero-order valence-corrected chi connectivity index (χ0v) is 13.3. The molecule has 1 aromatic heterocycles. The van der Waals surface area contributed by atoms with E-state index in [-0.39, 0.29) is 0 Å². The van der Waals surface area contributed by atoms with Gasteiger partial charge < -0.3 is 15.2 Å². The van der Waals surface area contributed by atoms with Crippen molar-refractivity contribution in [2.45, 2.75) is 13.1 Å². The number of thioether (sulfide) groups is 1. The number of nitrogens with two attached hydrogens (primary N) is 1. The lowest BCUT2D eigenvalue weighted by molar-refractivity contribution is 0.0466. The summed E-state index contributed by atoms with van der Waals surface area (Å²) in [5.74, 6) is 2.43. The lowest BCUT2D eigenvalue weighted by Crippen LogP contribution is -2.32. The van der Waals surface area contributed by atoms with E-state index in [9.17, 15) is 0 Å². The third-order valence-corrected chi connectivity index (χ3v) is 4.12. The minimum Gasteiger partial charge on any atom is -0.378 e. The van der Waals surface area contributed by atoms with Crippen LogP contribution in [0.3, 0.4) is 0 Å². The van der Waals surface area contributed by atoms with E-state index >= 15 is 0 Å². The Labute approximate surface area is 130 Å². The summed E-state index contributed by atoms with van der Waals surface area (Å²) in [4.78, 5) is 2.43. The van der Waals surface area contributed by atoms with E-state index in [1.54, 1.807) is 0 Å². The van der Waals surface area contributed by atoms with E-state index in [1.807, 2.05) is 22.6 Å². The smallest absolute Gasteiger partial charge is 0.0967 e. The van der Waals surface area contributed by atoms with Crippen LogP contribution in [-0.2, 0) is 22.6 Å². The lowest BCUT2D eigenvalue weighted by atomic mass is 10.4. The molecule has 0 radical (unpaired) electrons. The monoisotopic (exact) mass is 315 g/mol. The highest BCUT2D eigenvalue weighted by atomic mass is 32.2. The van der Waals surface area contributed by atoms with E-state index < -0.39 is 0 Å². The molecule has 0 aliphatic carbocycles. The molecule has 1 saturated heterocycles. The summed E-state index contributed by atoms with van der Waals surface area (Å²) < 4.78 is 12.5. The van der Waals surface area contributed by atoms with Gasteiger partial charge in [0, 0.05) is 43.9 Å². The Balaban J connectivity index is 1.57.